The maximum absolute atomic E-state index is 10.1. The molecule has 0 saturated carbocycles. The van der Waals surface area contributed by atoms with Crippen molar-refractivity contribution in [1.82, 2.24) is 0 Å². The van der Waals surface area contributed by atoms with Crippen LogP contribution in [0.25, 0.3) is 64.3 Å². The molecule has 79 heavy (non-hydrogen) atoms. The lowest BCUT2D eigenvalue weighted by Gasteiger charge is -2.40. The Kier molecular flexibility index (Phi) is 10.9. The zero-order valence-electron chi connectivity index (χ0n) is 42.5. The van der Waals surface area contributed by atoms with Crippen LogP contribution in [0, 0.1) is 22.7 Å². The summed E-state index contributed by atoms with van der Waals surface area (Å²) in [6.45, 7) is 0. The molecule has 0 N–H and O–H groups in total. The molecule has 1 aliphatic heterocycles. The predicted octanol–water partition coefficient (Wildman–Crippen LogP) is 20.1. The fourth-order valence-corrected chi connectivity index (χ4v) is 15.0. The van der Waals surface area contributed by atoms with Crippen LogP contribution in [0.1, 0.15) is 33.4 Å². The highest BCUT2D eigenvalue weighted by Gasteiger charge is 2.50. The molecule has 2 heterocycles. The van der Waals surface area contributed by atoms with Gasteiger partial charge in [-0.3, -0.25) is 0 Å². The third kappa shape index (κ3) is 7.34. The molecule has 0 fully saturated rings. The molecule has 0 bridgehead atoms. The third-order valence-electron chi connectivity index (χ3n) is 15.9. The molecule has 15 rings (SSSR count). The average molecular weight is 1040 g/mol. The number of para-hydroxylation sites is 1. The molecule has 0 atom stereocenters. The van der Waals surface area contributed by atoms with Crippen molar-refractivity contribution in [1.29, 1.82) is 10.5 Å². The van der Waals surface area contributed by atoms with Crippen molar-refractivity contribution in [2.45, 2.75) is 15.2 Å². The first kappa shape index (κ1) is 46.4. The topological polar surface area (TPSA) is 54.1 Å². The van der Waals surface area contributed by atoms with Crippen molar-refractivity contribution in [2.75, 3.05) is 9.80 Å². The number of nitriles is 2. The first-order chi connectivity index (χ1) is 39.1. The fraction of sp³-hybridized carbons (Fsp3) is 0.0137. The largest absolute Gasteiger partial charge is 0.310 e. The second-order valence-corrected chi connectivity index (χ2v) is 22.3. The van der Waals surface area contributed by atoms with Gasteiger partial charge in [-0.2, -0.15) is 10.5 Å². The van der Waals surface area contributed by atoms with Crippen LogP contribution in [0.5, 0.6) is 0 Å². The van der Waals surface area contributed by atoms with Crippen LogP contribution >= 0.6 is 23.1 Å². The van der Waals surface area contributed by atoms with E-state index >= 15 is 0 Å². The van der Waals surface area contributed by atoms with Gasteiger partial charge in [0.15, 0.2) is 0 Å². The van der Waals surface area contributed by atoms with Crippen molar-refractivity contribution in [3.05, 3.63) is 300 Å². The molecule has 6 heteroatoms. The van der Waals surface area contributed by atoms with Crippen LogP contribution < -0.4 is 9.80 Å². The Balaban J connectivity index is 0.914. The molecule has 368 valence electrons. The van der Waals surface area contributed by atoms with E-state index in [-0.39, 0.29) is 0 Å². The summed E-state index contributed by atoms with van der Waals surface area (Å²) >= 11 is 3.72. The van der Waals surface area contributed by atoms with Gasteiger partial charge in [0.1, 0.15) is 0 Å². The second-order valence-electron chi connectivity index (χ2n) is 20.2. The van der Waals surface area contributed by atoms with Gasteiger partial charge in [-0.15, -0.1) is 11.3 Å². The zero-order valence-corrected chi connectivity index (χ0v) is 44.1. The molecule has 0 unspecified atom stereocenters. The quantitative estimate of drug-likeness (QED) is 0.152. The van der Waals surface area contributed by atoms with E-state index in [1.807, 2.05) is 65.6 Å². The van der Waals surface area contributed by atoms with Crippen LogP contribution in [-0.4, -0.2) is 0 Å². The summed E-state index contributed by atoms with van der Waals surface area (Å²) in [4.78, 5) is 7.05. The standard InChI is InChI=1S/C73H44N4S2/c74-45-47-40-48(46-75)42-55(41-47)76(51-17-2-1-3-18-51)52-33-35-53(36-34-52)77(54-19-14-16-49(43-54)57-25-15-26-63-62-24-8-12-30-69(62)79-72(57)63)68-38-37-56(58-20-4-5-23-61(58)68)50-32-39-71-67(44-50)73(66-29-11-13-31-70(66)78-71)64-27-9-6-21-59(64)60-22-7-10-28-65(60)73/h1-44H. The van der Waals surface area contributed by atoms with E-state index in [2.05, 4.69) is 240 Å². The molecular formula is C73H44N4S2. The Morgan fingerprint density at radius 2 is 0.886 bits per heavy atom. The van der Waals surface area contributed by atoms with E-state index < -0.39 is 5.41 Å². The van der Waals surface area contributed by atoms with E-state index in [4.69, 9.17) is 0 Å². The number of thiophene rings is 1. The van der Waals surface area contributed by atoms with E-state index in [0.717, 1.165) is 61.6 Å². The minimum atomic E-state index is -0.489. The van der Waals surface area contributed by atoms with E-state index in [1.54, 1.807) is 6.07 Å². The molecule has 1 aromatic heterocycles. The van der Waals surface area contributed by atoms with Crippen molar-refractivity contribution in [3.63, 3.8) is 0 Å². The van der Waals surface area contributed by atoms with Crippen LogP contribution in [0.3, 0.4) is 0 Å². The number of hydrogen-bond donors (Lipinski definition) is 0. The summed E-state index contributed by atoms with van der Waals surface area (Å²) in [6, 6.07) is 101. The lowest BCUT2D eigenvalue weighted by atomic mass is 9.67. The summed E-state index contributed by atoms with van der Waals surface area (Å²) in [6.07, 6.45) is 0. The minimum Gasteiger partial charge on any atom is -0.310 e. The Morgan fingerprint density at radius 1 is 0.329 bits per heavy atom. The molecule has 0 amide bonds. The molecular weight excluding hydrogens is 997 g/mol. The first-order valence-corrected chi connectivity index (χ1v) is 28.1. The van der Waals surface area contributed by atoms with Gasteiger partial charge in [0.2, 0.25) is 0 Å². The Bertz CT molecular complexity index is 4620. The number of fused-ring (bicyclic) bond motifs is 13. The maximum Gasteiger partial charge on any atom is 0.0992 e. The van der Waals surface area contributed by atoms with E-state index in [1.165, 1.54) is 68.9 Å². The normalized spacial score (nSPS) is 12.6. The van der Waals surface area contributed by atoms with Gasteiger partial charge < -0.3 is 9.80 Å². The molecule has 12 aromatic carbocycles. The number of benzene rings is 12. The highest BCUT2D eigenvalue weighted by atomic mass is 32.2. The van der Waals surface area contributed by atoms with Crippen LogP contribution in [-0.2, 0) is 5.41 Å². The van der Waals surface area contributed by atoms with Gasteiger partial charge in [-0.25, -0.2) is 0 Å². The highest BCUT2D eigenvalue weighted by molar-refractivity contribution is 7.99. The summed E-state index contributed by atoms with van der Waals surface area (Å²) in [5.41, 5.74) is 18.4. The molecule has 13 aromatic rings. The minimum absolute atomic E-state index is 0.424. The summed E-state index contributed by atoms with van der Waals surface area (Å²) in [7, 11) is 0. The molecule has 1 aliphatic carbocycles. The Morgan fingerprint density at radius 3 is 1.63 bits per heavy atom. The van der Waals surface area contributed by atoms with Gasteiger partial charge in [-0.05, 0) is 158 Å². The van der Waals surface area contributed by atoms with Crippen LogP contribution in [0.2, 0.25) is 0 Å². The van der Waals surface area contributed by atoms with Gasteiger partial charge in [0, 0.05) is 63.8 Å². The van der Waals surface area contributed by atoms with Gasteiger partial charge in [0.25, 0.3) is 0 Å². The van der Waals surface area contributed by atoms with Crippen LogP contribution in [0.4, 0.5) is 34.1 Å². The summed E-state index contributed by atoms with van der Waals surface area (Å²) in [5.74, 6) is 0. The second kappa shape index (κ2) is 18.7. The van der Waals surface area contributed by atoms with Crippen molar-refractivity contribution in [3.8, 4) is 45.5 Å². The Hall–Kier alpha value is -9.95. The molecule has 0 saturated heterocycles. The van der Waals surface area contributed by atoms with E-state index in [0.29, 0.717) is 11.1 Å². The van der Waals surface area contributed by atoms with Crippen molar-refractivity contribution in [2.24, 2.45) is 0 Å². The van der Waals surface area contributed by atoms with E-state index in [9.17, 15) is 10.5 Å². The molecule has 1 spiro atoms. The molecule has 2 aliphatic rings. The lowest BCUT2D eigenvalue weighted by Crippen LogP contribution is -2.32. The van der Waals surface area contributed by atoms with Gasteiger partial charge in [-0.1, -0.05) is 182 Å². The average Bonchev–Trinajstić information content (AvgIpc) is 3.89. The summed E-state index contributed by atoms with van der Waals surface area (Å²) in [5, 5.41) is 24.9. The van der Waals surface area contributed by atoms with Crippen LogP contribution in [0.15, 0.2) is 277 Å². The predicted molar refractivity (Wildman–Crippen MR) is 328 cm³/mol. The maximum atomic E-state index is 10.1. The molecule has 4 nitrogen and oxygen atoms in total. The van der Waals surface area contributed by atoms with Gasteiger partial charge >= 0.3 is 0 Å². The van der Waals surface area contributed by atoms with Crippen molar-refractivity contribution < 1.29 is 0 Å². The highest BCUT2D eigenvalue weighted by Crippen LogP contribution is 2.62. The molecule has 0 radical (unpaired) electrons. The zero-order chi connectivity index (χ0) is 52.6. The summed E-state index contributed by atoms with van der Waals surface area (Å²) < 4.78 is 2.54. The van der Waals surface area contributed by atoms with Gasteiger partial charge in [0.05, 0.1) is 34.4 Å². The third-order valence-corrected chi connectivity index (χ3v) is 18.3. The Labute approximate surface area is 466 Å². The lowest BCUT2D eigenvalue weighted by molar-refractivity contribution is 0.723. The number of rotatable bonds is 8. The monoisotopic (exact) mass is 1040 g/mol. The first-order valence-electron chi connectivity index (χ1n) is 26.4. The smallest absolute Gasteiger partial charge is 0.0992 e. The fourth-order valence-electron chi connectivity index (χ4n) is 12.6. The number of hydrogen-bond acceptors (Lipinski definition) is 6. The number of anilines is 6. The SMILES string of the molecule is N#Cc1cc(C#N)cc(N(c2ccccc2)c2ccc(N(c3cccc(-c4cccc5c4sc4ccccc45)c3)c3ccc(-c4ccc5c(c4)C4(c6ccccc6S5)c5ccccc5-c5ccccc54)c4ccccc34)cc2)c1. The van der Waals surface area contributed by atoms with Crippen molar-refractivity contribution >= 4 is 88.2 Å². The number of nitrogens with zero attached hydrogens (tertiary/aromatic N) is 4.